The summed E-state index contributed by atoms with van der Waals surface area (Å²) in [6.45, 7) is 9.35. The molecule has 9 rings (SSSR count). The van der Waals surface area contributed by atoms with Crippen LogP contribution in [0, 0.1) is 0 Å². The van der Waals surface area contributed by atoms with E-state index in [1.807, 2.05) is 18.2 Å². The van der Waals surface area contributed by atoms with Crippen LogP contribution in [-0.2, 0) is 10.8 Å². The second-order valence-electron chi connectivity index (χ2n) is 14.0. The highest BCUT2D eigenvalue weighted by molar-refractivity contribution is 6.97. The monoisotopic (exact) mass is 587 g/mol. The maximum Gasteiger partial charge on any atom is 0.305 e. The van der Waals surface area contributed by atoms with Crippen molar-refractivity contribution in [3.8, 4) is 23.0 Å². The minimum atomic E-state index is -0.120. The minimum absolute atomic E-state index is 0.0782. The molecule has 0 radical (unpaired) electrons. The Balaban J connectivity index is 1.25. The van der Waals surface area contributed by atoms with Gasteiger partial charge in [0.25, 0.3) is 0 Å². The molecule has 0 spiro atoms. The Hall–Kier alpha value is -4.90. The number of ether oxygens (including phenoxy) is 2. The molecule has 1 aliphatic carbocycles. The molecule has 0 N–H and O–H groups in total. The average molecular weight is 588 g/mol. The van der Waals surface area contributed by atoms with Gasteiger partial charge in [-0.2, -0.15) is 0 Å². The Bertz CT molecular complexity index is 2090. The molecule has 3 aliphatic rings. The summed E-state index contributed by atoms with van der Waals surface area (Å²) in [6, 6.07) is 38.2. The summed E-state index contributed by atoms with van der Waals surface area (Å²) in [6.07, 6.45) is 2.31. The van der Waals surface area contributed by atoms with Crippen LogP contribution in [0.2, 0.25) is 0 Å². The highest BCUT2D eigenvalue weighted by atomic mass is 16.5. The SMILES string of the molecule is CC1(C)CCC(C)(C)c2cc3c(cc21)Oc1cccc2c1B3c1oc3ccc(N(c4ccccc4)c4ccccc4)cc3c1O2. The summed E-state index contributed by atoms with van der Waals surface area (Å²) < 4.78 is 20.2. The number of hydrogen-bond acceptors (Lipinski definition) is 4. The Labute approximate surface area is 264 Å². The second-order valence-corrected chi connectivity index (χ2v) is 14.0. The van der Waals surface area contributed by atoms with Crippen molar-refractivity contribution in [2.45, 2.75) is 51.4 Å². The van der Waals surface area contributed by atoms with Crippen LogP contribution in [0.3, 0.4) is 0 Å². The number of rotatable bonds is 3. The van der Waals surface area contributed by atoms with E-state index >= 15 is 0 Å². The van der Waals surface area contributed by atoms with Gasteiger partial charge in [0, 0.05) is 22.5 Å². The maximum absolute atomic E-state index is 6.78. The third-order valence-corrected chi connectivity index (χ3v) is 10.2. The van der Waals surface area contributed by atoms with Crippen LogP contribution >= 0.6 is 0 Å². The zero-order chi connectivity index (χ0) is 30.5. The topological polar surface area (TPSA) is 34.8 Å². The van der Waals surface area contributed by atoms with E-state index in [1.165, 1.54) is 11.1 Å². The van der Waals surface area contributed by atoms with E-state index in [0.717, 1.165) is 80.5 Å². The summed E-state index contributed by atoms with van der Waals surface area (Å²) in [7, 11) is 0. The molecule has 4 nitrogen and oxygen atoms in total. The van der Waals surface area contributed by atoms with E-state index in [9.17, 15) is 0 Å². The lowest BCUT2D eigenvalue weighted by Gasteiger charge is -2.43. The van der Waals surface area contributed by atoms with Crippen LogP contribution in [0.25, 0.3) is 11.0 Å². The van der Waals surface area contributed by atoms with Crippen molar-refractivity contribution in [2.75, 3.05) is 4.90 Å². The van der Waals surface area contributed by atoms with Crippen LogP contribution in [0.4, 0.5) is 17.1 Å². The predicted molar refractivity (Wildman–Crippen MR) is 184 cm³/mol. The largest absolute Gasteiger partial charge is 0.466 e. The Kier molecular flexibility index (Phi) is 5.48. The molecular formula is C40H34BNO3. The van der Waals surface area contributed by atoms with Crippen molar-refractivity contribution in [3.63, 3.8) is 0 Å². The van der Waals surface area contributed by atoms with Gasteiger partial charge in [-0.25, -0.2) is 0 Å². The lowest BCUT2D eigenvalue weighted by molar-refractivity contribution is 0.330. The van der Waals surface area contributed by atoms with Gasteiger partial charge in [0.15, 0.2) is 5.75 Å². The molecule has 6 aromatic rings. The molecule has 0 fully saturated rings. The third-order valence-electron chi connectivity index (χ3n) is 10.2. The Morgan fingerprint density at radius 1 is 0.600 bits per heavy atom. The molecule has 0 atom stereocenters. The lowest BCUT2D eigenvalue weighted by Crippen LogP contribution is -2.57. The first-order chi connectivity index (χ1) is 21.8. The molecular weight excluding hydrogens is 553 g/mol. The molecule has 5 aromatic carbocycles. The second kappa shape index (κ2) is 9.31. The predicted octanol–water partition coefficient (Wildman–Crippen LogP) is 8.98. The summed E-state index contributed by atoms with van der Waals surface area (Å²) in [5, 5.41) is 0.961. The first kappa shape index (κ1) is 26.5. The quantitative estimate of drug-likeness (QED) is 0.193. The first-order valence-electron chi connectivity index (χ1n) is 15.9. The molecule has 0 amide bonds. The molecule has 2 aliphatic heterocycles. The molecule has 0 unspecified atom stereocenters. The highest BCUT2D eigenvalue weighted by Crippen LogP contribution is 2.48. The Morgan fingerprint density at radius 3 is 1.89 bits per heavy atom. The number of hydrogen-bond donors (Lipinski definition) is 0. The number of para-hydroxylation sites is 2. The summed E-state index contributed by atoms with van der Waals surface area (Å²) in [4.78, 5) is 2.27. The van der Waals surface area contributed by atoms with E-state index in [0.29, 0.717) is 0 Å². The van der Waals surface area contributed by atoms with E-state index < -0.39 is 0 Å². The van der Waals surface area contributed by atoms with Crippen LogP contribution < -0.4 is 31.0 Å². The van der Waals surface area contributed by atoms with Crippen molar-refractivity contribution in [1.82, 2.24) is 0 Å². The minimum Gasteiger partial charge on any atom is -0.466 e. The molecule has 45 heavy (non-hydrogen) atoms. The third kappa shape index (κ3) is 3.93. The van der Waals surface area contributed by atoms with E-state index in [4.69, 9.17) is 13.9 Å². The van der Waals surface area contributed by atoms with Crippen molar-refractivity contribution >= 4 is 51.3 Å². The molecule has 5 heteroatoms. The van der Waals surface area contributed by atoms with Crippen molar-refractivity contribution in [3.05, 3.63) is 120 Å². The summed E-state index contributed by atoms with van der Waals surface area (Å²) >= 11 is 0. The maximum atomic E-state index is 6.78. The number of benzene rings is 5. The number of fused-ring (bicyclic) bond motifs is 7. The van der Waals surface area contributed by atoms with Crippen molar-refractivity contribution in [1.29, 1.82) is 0 Å². The zero-order valence-electron chi connectivity index (χ0n) is 26.1. The van der Waals surface area contributed by atoms with Gasteiger partial charge < -0.3 is 18.8 Å². The number of anilines is 3. The average Bonchev–Trinajstić information content (AvgIpc) is 3.42. The fourth-order valence-corrected chi connectivity index (χ4v) is 7.69. The molecule has 1 aromatic heterocycles. The normalized spacial score (nSPS) is 16.5. The number of furan rings is 1. The highest BCUT2D eigenvalue weighted by Gasteiger charge is 2.46. The molecule has 0 saturated carbocycles. The van der Waals surface area contributed by atoms with Crippen LogP contribution in [-0.4, -0.2) is 6.71 Å². The van der Waals surface area contributed by atoms with Crippen LogP contribution in [0.1, 0.15) is 51.7 Å². The molecule has 0 saturated heterocycles. The van der Waals surface area contributed by atoms with E-state index in [2.05, 4.69) is 124 Å². The van der Waals surface area contributed by atoms with Gasteiger partial charge in [0.1, 0.15) is 28.5 Å². The van der Waals surface area contributed by atoms with Crippen LogP contribution in [0.15, 0.2) is 114 Å². The van der Waals surface area contributed by atoms with Gasteiger partial charge in [-0.1, -0.05) is 76.2 Å². The summed E-state index contributed by atoms with van der Waals surface area (Å²) in [5.74, 6) is 3.36. The van der Waals surface area contributed by atoms with Gasteiger partial charge in [-0.05, 0) is 101 Å². The standard InChI is InChI=1S/C40H34BNO3/c1-39(2)20-21-40(3,4)30-24-35-31(23-29(30)39)41-36-33(43-35)16-11-17-34(36)44-37-28-22-27(18-19-32(28)45-38(37)41)42(25-12-7-5-8-13-25)26-14-9-6-10-15-26/h5-19,22-24H,20-21H2,1-4H3. The van der Waals surface area contributed by atoms with E-state index in [1.54, 1.807) is 0 Å². The number of nitrogens with zero attached hydrogens (tertiary/aromatic N) is 1. The smallest absolute Gasteiger partial charge is 0.305 e. The van der Waals surface area contributed by atoms with Crippen molar-refractivity contribution < 1.29 is 13.9 Å². The fourth-order valence-electron chi connectivity index (χ4n) is 7.69. The fraction of sp³-hybridized carbons (Fsp3) is 0.200. The first-order valence-corrected chi connectivity index (χ1v) is 15.9. The summed E-state index contributed by atoms with van der Waals surface area (Å²) in [5.41, 5.74) is 10.0. The van der Waals surface area contributed by atoms with Gasteiger partial charge in [-0.15, -0.1) is 0 Å². The molecule has 3 heterocycles. The van der Waals surface area contributed by atoms with Crippen molar-refractivity contribution in [2.24, 2.45) is 0 Å². The zero-order valence-corrected chi connectivity index (χ0v) is 26.1. The van der Waals surface area contributed by atoms with E-state index in [-0.39, 0.29) is 17.5 Å². The lowest BCUT2D eigenvalue weighted by atomic mass is 9.36. The molecule has 220 valence electrons. The van der Waals surface area contributed by atoms with Gasteiger partial charge in [-0.3, -0.25) is 0 Å². The van der Waals surface area contributed by atoms with Gasteiger partial charge in [0.2, 0.25) is 0 Å². The molecule has 0 bridgehead atoms. The Morgan fingerprint density at radius 2 is 1.22 bits per heavy atom. The van der Waals surface area contributed by atoms with Gasteiger partial charge >= 0.3 is 6.71 Å². The van der Waals surface area contributed by atoms with Gasteiger partial charge in [0.05, 0.1) is 5.39 Å². The van der Waals surface area contributed by atoms with Crippen LogP contribution in [0.5, 0.6) is 23.0 Å².